The van der Waals surface area contributed by atoms with E-state index in [1.807, 2.05) is 0 Å². The molecule has 0 unspecified atom stereocenters. The zero-order chi connectivity index (χ0) is 5.49. The van der Waals surface area contributed by atoms with Crippen molar-refractivity contribution in [3.8, 4) is 0 Å². The Bertz CT molecular complexity index is 75.0. The Morgan fingerprint density at radius 3 is 1.86 bits per heavy atom. The summed E-state index contributed by atoms with van der Waals surface area (Å²) in [5.74, 6) is 0. The normalized spacial score (nSPS) is 29.6. The van der Waals surface area contributed by atoms with Crippen molar-refractivity contribution >= 4 is 44.7 Å². The maximum absolute atomic E-state index is 3.69. The molecule has 0 aromatic carbocycles. The molecule has 41 valence electrons. The van der Waals surface area contributed by atoms with Crippen LogP contribution < -0.4 is 0 Å². The highest BCUT2D eigenvalue weighted by atomic mass is 79.9. The quantitative estimate of drug-likeness (QED) is 0.463. The minimum atomic E-state index is -0.843. The summed E-state index contributed by atoms with van der Waals surface area (Å²) >= 11 is 7.37. The first kappa shape index (κ1) is 6.51. The van der Waals surface area contributed by atoms with Crippen LogP contribution in [0, 0.1) is 0 Å². The first-order chi connectivity index (χ1) is 3.10. The highest BCUT2D eigenvalue weighted by Gasteiger charge is 2.40. The predicted molar refractivity (Wildman–Crippen MR) is 44.8 cm³/mol. The molecule has 1 rings (SSSR count). The average molecular weight is 259 g/mol. The Labute approximate surface area is 62.5 Å². The fourth-order valence-corrected chi connectivity index (χ4v) is 24.7. The van der Waals surface area contributed by atoms with E-state index in [1.54, 1.807) is 0 Å². The van der Waals surface area contributed by atoms with Crippen LogP contribution in [0.25, 0.3) is 0 Å². The Morgan fingerprint density at radius 2 is 1.86 bits per heavy atom. The van der Waals surface area contributed by atoms with Gasteiger partial charge in [-0.3, -0.25) is 0 Å². The maximum Gasteiger partial charge on any atom is 0.195 e. The van der Waals surface area contributed by atoms with Gasteiger partial charge < -0.3 is 0 Å². The number of rotatable bonds is 0. The van der Waals surface area contributed by atoms with Gasteiger partial charge in [0.25, 0.3) is 0 Å². The summed E-state index contributed by atoms with van der Waals surface area (Å²) in [6.45, 7) is 2.40. The average Bonchev–Trinajstić information content (AvgIpc) is 1.27. The zero-order valence-electron chi connectivity index (χ0n) is 4.17. The molecule has 0 aliphatic carbocycles. The summed E-state index contributed by atoms with van der Waals surface area (Å²) in [6.07, 6.45) is 0. The third-order valence-electron chi connectivity index (χ3n) is 1.12. The molecular formula is C3H7Br2Si2. The molecule has 0 aromatic rings. The lowest BCUT2D eigenvalue weighted by Gasteiger charge is -2.32. The Hall–Kier alpha value is 1.39. The molecule has 0 aromatic heterocycles. The predicted octanol–water partition coefficient (Wildman–Crippen LogP) is 2.44. The van der Waals surface area contributed by atoms with E-state index in [4.69, 9.17) is 0 Å². The molecule has 1 radical (unpaired) electrons. The SMILES string of the molecule is C[Si]1C[Si](Br)(Br)C1. The summed E-state index contributed by atoms with van der Waals surface area (Å²) in [7, 11) is 0.168. The second-order valence-electron chi connectivity index (χ2n) is 2.17. The van der Waals surface area contributed by atoms with Crippen molar-refractivity contribution in [2.24, 2.45) is 0 Å². The minimum Gasteiger partial charge on any atom is -0.112 e. The molecule has 1 aliphatic heterocycles. The largest absolute Gasteiger partial charge is 0.195 e. The molecule has 0 spiro atoms. The summed E-state index contributed by atoms with van der Waals surface area (Å²) in [6, 6.07) is 0. The van der Waals surface area contributed by atoms with Crippen molar-refractivity contribution in [2.45, 2.75) is 17.9 Å². The van der Waals surface area contributed by atoms with Crippen LogP contribution in [0.4, 0.5) is 0 Å². The van der Waals surface area contributed by atoms with Crippen LogP contribution in [0.5, 0.6) is 0 Å². The molecule has 1 aliphatic rings. The van der Waals surface area contributed by atoms with Crippen molar-refractivity contribution < 1.29 is 0 Å². The summed E-state index contributed by atoms with van der Waals surface area (Å²) in [5, 5.41) is -0.843. The van der Waals surface area contributed by atoms with Gasteiger partial charge in [0.15, 0.2) is 5.31 Å². The van der Waals surface area contributed by atoms with Crippen LogP contribution in [-0.4, -0.2) is 14.1 Å². The molecule has 0 saturated carbocycles. The Kier molecular flexibility index (Phi) is 1.83. The van der Waals surface area contributed by atoms with E-state index in [1.165, 1.54) is 11.3 Å². The first-order valence-corrected chi connectivity index (χ1v) is 11.6. The van der Waals surface area contributed by atoms with E-state index in [-0.39, 0.29) is 8.80 Å². The van der Waals surface area contributed by atoms with E-state index in [0.29, 0.717) is 0 Å². The van der Waals surface area contributed by atoms with E-state index in [0.717, 1.165) is 0 Å². The number of hydrogen-bond acceptors (Lipinski definition) is 0. The van der Waals surface area contributed by atoms with E-state index in [9.17, 15) is 0 Å². The van der Waals surface area contributed by atoms with Crippen LogP contribution in [0.3, 0.4) is 0 Å². The van der Waals surface area contributed by atoms with Gasteiger partial charge in [-0.15, -0.1) is 30.6 Å². The molecule has 1 heterocycles. The van der Waals surface area contributed by atoms with Crippen molar-refractivity contribution in [3.63, 3.8) is 0 Å². The standard InChI is InChI=1S/C3H7Br2Si2/c1-6-2-7(4,5)3-6/h2-3H2,1H3. The molecule has 0 N–H and O–H groups in total. The van der Waals surface area contributed by atoms with Gasteiger partial charge in [-0.2, -0.15) is 0 Å². The van der Waals surface area contributed by atoms with Crippen LogP contribution in [-0.2, 0) is 0 Å². The van der Waals surface area contributed by atoms with Crippen LogP contribution in [0.2, 0.25) is 17.9 Å². The van der Waals surface area contributed by atoms with Crippen LogP contribution in [0.1, 0.15) is 0 Å². The van der Waals surface area contributed by atoms with E-state index >= 15 is 0 Å². The molecule has 0 amide bonds. The second-order valence-corrected chi connectivity index (χ2v) is 20.9. The maximum atomic E-state index is 3.69. The molecule has 1 saturated heterocycles. The van der Waals surface area contributed by atoms with Crippen LogP contribution >= 0.6 is 30.6 Å². The number of halogens is 2. The third-order valence-corrected chi connectivity index (χ3v) is 20.2. The topological polar surface area (TPSA) is 0 Å². The molecule has 0 bridgehead atoms. The molecule has 1 fully saturated rings. The van der Waals surface area contributed by atoms with Gasteiger partial charge in [0.05, 0.1) is 0 Å². The summed E-state index contributed by atoms with van der Waals surface area (Å²) in [5.41, 5.74) is 3.02. The van der Waals surface area contributed by atoms with Gasteiger partial charge >= 0.3 is 0 Å². The molecular weight excluding hydrogens is 252 g/mol. The van der Waals surface area contributed by atoms with Crippen molar-refractivity contribution in [2.75, 3.05) is 0 Å². The lowest BCUT2D eigenvalue weighted by atomic mass is 11.7. The molecule has 7 heavy (non-hydrogen) atoms. The van der Waals surface area contributed by atoms with Gasteiger partial charge in [0.2, 0.25) is 0 Å². The zero-order valence-corrected chi connectivity index (χ0v) is 9.34. The lowest BCUT2D eigenvalue weighted by molar-refractivity contribution is 1.57. The van der Waals surface area contributed by atoms with Gasteiger partial charge in [0.1, 0.15) is 0 Å². The monoisotopic (exact) mass is 257 g/mol. The fourth-order valence-electron chi connectivity index (χ4n) is 0.831. The van der Waals surface area contributed by atoms with Gasteiger partial charge in [-0.05, 0) is 11.3 Å². The molecule has 0 atom stereocenters. The van der Waals surface area contributed by atoms with Gasteiger partial charge in [0, 0.05) is 8.80 Å². The van der Waals surface area contributed by atoms with Gasteiger partial charge in [-0.25, -0.2) is 0 Å². The number of hydrogen-bond donors (Lipinski definition) is 0. The summed E-state index contributed by atoms with van der Waals surface area (Å²) in [4.78, 5) is 0. The van der Waals surface area contributed by atoms with E-state index < -0.39 is 5.31 Å². The smallest absolute Gasteiger partial charge is 0.112 e. The Morgan fingerprint density at radius 1 is 1.43 bits per heavy atom. The first-order valence-electron chi connectivity index (χ1n) is 2.29. The van der Waals surface area contributed by atoms with Gasteiger partial charge in [-0.1, -0.05) is 6.55 Å². The summed E-state index contributed by atoms with van der Waals surface area (Å²) < 4.78 is 0. The Balaban J connectivity index is 2.29. The van der Waals surface area contributed by atoms with Crippen molar-refractivity contribution in [1.29, 1.82) is 0 Å². The lowest BCUT2D eigenvalue weighted by Crippen LogP contribution is -2.41. The van der Waals surface area contributed by atoms with Crippen LogP contribution in [0.15, 0.2) is 0 Å². The third kappa shape index (κ3) is 1.66. The fraction of sp³-hybridized carbons (Fsp3) is 1.00. The second kappa shape index (κ2) is 1.97. The van der Waals surface area contributed by atoms with E-state index in [2.05, 4.69) is 37.1 Å². The highest BCUT2D eigenvalue weighted by molar-refractivity contribution is 9.51. The molecule has 0 nitrogen and oxygen atoms in total. The minimum absolute atomic E-state index is 0.168. The van der Waals surface area contributed by atoms with Crippen molar-refractivity contribution in [1.82, 2.24) is 0 Å². The molecule has 4 heteroatoms. The van der Waals surface area contributed by atoms with Crippen molar-refractivity contribution in [3.05, 3.63) is 0 Å². The highest BCUT2D eigenvalue weighted by Crippen LogP contribution is 2.41.